The van der Waals surface area contributed by atoms with Gasteiger partial charge in [-0.25, -0.2) is 0 Å². The van der Waals surface area contributed by atoms with Crippen molar-refractivity contribution in [3.05, 3.63) is 0 Å². The van der Waals surface area contributed by atoms with Gasteiger partial charge in [0.1, 0.15) is 18.3 Å². The SMILES string of the molecule is CCCCCCCCCCCCCCC(O)C(O)C(OS(C)(=O)=O)C(O)CO. The molecule has 8 heteroatoms. The Morgan fingerprint density at radius 1 is 0.750 bits per heavy atom. The summed E-state index contributed by atoms with van der Waals surface area (Å²) in [5, 5.41) is 38.8. The lowest BCUT2D eigenvalue weighted by atomic mass is 9.98. The Labute approximate surface area is 171 Å². The first-order chi connectivity index (χ1) is 13.2. The summed E-state index contributed by atoms with van der Waals surface area (Å²) in [6, 6.07) is 0. The van der Waals surface area contributed by atoms with Gasteiger partial charge in [-0.2, -0.15) is 8.42 Å². The van der Waals surface area contributed by atoms with E-state index >= 15 is 0 Å². The molecule has 4 atom stereocenters. The third-order valence-electron chi connectivity index (χ3n) is 4.94. The normalized spacial score (nSPS) is 16.6. The fraction of sp³-hybridized carbons (Fsp3) is 1.00. The van der Waals surface area contributed by atoms with Crippen LogP contribution in [-0.4, -0.2) is 66.1 Å². The van der Waals surface area contributed by atoms with Crippen LogP contribution in [0, 0.1) is 0 Å². The Balaban J connectivity index is 3.90. The molecule has 170 valence electrons. The van der Waals surface area contributed by atoms with Crippen molar-refractivity contribution in [2.45, 2.75) is 115 Å². The maximum absolute atomic E-state index is 11.3. The summed E-state index contributed by atoms with van der Waals surface area (Å²) in [4.78, 5) is 0. The largest absolute Gasteiger partial charge is 0.394 e. The third-order valence-corrected chi connectivity index (χ3v) is 5.51. The Morgan fingerprint density at radius 2 is 1.18 bits per heavy atom. The molecule has 0 amide bonds. The van der Waals surface area contributed by atoms with Gasteiger partial charge in [-0.05, 0) is 6.42 Å². The summed E-state index contributed by atoms with van der Waals surface area (Å²) in [6.45, 7) is 1.45. The van der Waals surface area contributed by atoms with Gasteiger partial charge in [0.05, 0.1) is 19.0 Å². The standard InChI is InChI=1S/C20H42O7S/c1-3-4-5-6-7-8-9-10-11-12-13-14-15-17(22)19(24)20(18(23)16-21)27-28(2,25)26/h17-24H,3-16H2,1-2H3. The van der Waals surface area contributed by atoms with Crippen molar-refractivity contribution in [2.75, 3.05) is 12.9 Å². The second kappa shape index (κ2) is 16.5. The predicted octanol–water partition coefficient (Wildman–Crippen LogP) is 2.50. The molecule has 0 aliphatic heterocycles. The predicted molar refractivity (Wildman–Crippen MR) is 111 cm³/mol. The first-order valence-electron chi connectivity index (χ1n) is 10.8. The van der Waals surface area contributed by atoms with Crippen molar-refractivity contribution in [2.24, 2.45) is 0 Å². The van der Waals surface area contributed by atoms with Gasteiger partial charge in [0.15, 0.2) is 0 Å². The molecule has 0 fully saturated rings. The molecule has 0 bridgehead atoms. The van der Waals surface area contributed by atoms with Crippen LogP contribution in [0.3, 0.4) is 0 Å². The average molecular weight is 427 g/mol. The zero-order valence-electron chi connectivity index (χ0n) is 17.6. The highest BCUT2D eigenvalue weighted by molar-refractivity contribution is 7.86. The Morgan fingerprint density at radius 3 is 1.57 bits per heavy atom. The summed E-state index contributed by atoms with van der Waals surface area (Å²) >= 11 is 0. The van der Waals surface area contributed by atoms with E-state index in [0.29, 0.717) is 6.42 Å². The number of hydrogen-bond donors (Lipinski definition) is 4. The highest BCUT2D eigenvalue weighted by Crippen LogP contribution is 2.17. The molecule has 28 heavy (non-hydrogen) atoms. The van der Waals surface area contributed by atoms with Gasteiger partial charge in [0, 0.05) is 0 Å². The van der Waals surface area contributed by atoms with Gasteiger partial charge in [-0.3, -0.25) is 4.18 Å². The van der Waals surface area contributed by atoms with Gasteiger partial charge in [0.2, 0.25) is 0 Å². The smallest absolute Gasteiger partial charge is 0.264 e. The van der Waals surface area contributed by atoms with Gasteiger partial charge in [-0.1, -0.05) is 84.0 Å². The van der Waals surface area contributed by atoms with Crippen LogP contribution in [0.2, 0.25) is 0 Å². The summed E-state index contributed by atoms with van der Waals surface area (Å²) in [7, 11) is -3.95. The Bertz CT molecular complexity index is 455. The van der Waals surface area contributed by atoms with E-state index in [1.165, 1.54) is 51.4 Å². The third kappa shape index (κ3) is 14.7. The molecule has 0 saturated carbocycles. The van der Waals surface area contributed by atoms with Crippen LogP contribution in [0.1, 0.15) is 90.4 Å². The minimum absolute atomic E-state index is 0.278. The molecule has 4 N–H and O–H groups in total. The molecule has 0 aromatic carbocycles. The monoisotopic (exact) mass is 426 g/mol. The Kier molecular flexibility index (Phi) is 16.4. The maximum atomic E-state index is 11.3. The van der Waals surface area contributed by atoms with Crippen molar-refractivity contribution < 1.29 is 33.0 Å². The van der Waals surface area contributed by atoms with E-state index in [4.69, 9.17) is 5.11 Å². The van der Waals surface area contributed by atoms with E-state index in [-0.39, 0.29) is 6.42 Å². The number of aliphatic hydroxyl groups is 4. The molecular formula is C20H42O7S. The van der Waals surface area contributed by atoms with Crippen molar-refractivity contribution in [3.63, 3.8) is 0 Å². The minimum Gasteiger partial charge on any atom is -0.394 e. The number of hydrogen-bond acceptors (Lipinski definition) is 7. The second-order valence-corrected chi connectivity index (χ2v) is 9.35. The van der Waals surface area contributed by atoms with Crippen LogP contribution in [0.15, 0.2) is 0 Å². The number of unbranched alkanes of at least 4 members (excludes halogenated alkanes) is 11. The van der Waals surface area contributed by atoms with Crippen LogP contribution in [0.25, 0.3) is 0 Å². The summed E-state index contributed by atoms with van der Waals surface area (Å²) in [6.07, 6.45) is 9.25. The lowest BCUT2D eigenvalue weighted by Gasteiger charge is -2.28. The van der Waals surface area contributed by atoms with E-state index < -0.39 is 41.1 Å². The van der Waals surface area contributed by atoms with Crippen molar-refractivity contribution in [1.82, 2.24) is 0 Å². The lowest BCUT2D eigenvalue weighted by Crippen LogP contribution is -2.48. The highest BCUT2D eigenvalue weighted by atomic mass is 32.2. The van der Waals surface area contributed by atoms with Crippen LogP contribution in [0.4, 0.5) is 0 Å². The van der Waals surface area contributed by atoms with Gasteiger partial charge in [-0.15, -0.1) is 0 Å². The van der Waals surface area contributed by atoms with E-state index in [0.717, 1.165) is 25.5 Å². The summed E-state index contributed by atoms with van der Waals surface area (Å²) in [5.41, 5.74) is 0. The van der Waals surface area contributed by atoms with Gasteiger partial charge >= 0.3 is 0 Å². The highest BCUT2D eigenvalue weighted by Gasteiger charge is 2.35. The molecule has 0 saturated heterocycles. The first-order valence-corrected chi connectivity index (χ1v) is 12.6. The van der Waals surface area contributed by atoms with Crippen LogP contribution in [0.5, 0.6) is 0 Å². The number of rotatable bonds is 19. The first kappa shape index (κ1) is 27.8. The molecule has 7 nitrogen and oxygen atoms in total. The maximum Gasteiger partial charge on any atom is 0.264 e. The minimum atomic E-state index is -3.95. The Hall–Kier alpha value is -0.250. The van der Waals surface area contributed by atoms with E-state index in [1.807, 2.05) is 0 Å². The van der Waals surface area contributed by atoms with E-state index in [2.05, 4.69) is 11.1 Å². The fourth-order valence-electron chi connectivity index (χ4n) is 3.24. The molecular weight excluding hydrogens is 384 g/mol. The van der Waals surface area contributed by atoms with Gasteiger partial charge in [0.25, 0.3) is 10.1 Å². The molecule has 0 rings (SSSR count). The van der Waals surface area contributed by atoms with Crippen molar-refractivity contribution in [1.29, 1.82) is 0 Å². The second-order valence-electron chi connectivity index (χ2n) is 7.75. The molecule has 0 radical (unpaired) electrons. The topological polar surface area (TPSA) is 124 Å². The van der Waals surface area contributed by atoms with Gasteiger partial charge < -0.3 is 20.4 Å². The van der Waals surface area contributed by atoms with E-state index in [9.17, 15) is 23.7 Å². The molecule has 0 aromatic heterocycles. The van der Waals surface area contributed by atoms with Crippen molar-refractivity contribution >= 4 is 10.1 Å². The summed E-state index contributed by atoms with van der Waals surface area (Å²) < 4.78 is 27.1. The zero-order valence-corrected chi connectivity index (χ0v) is 18.4. The molecule has 0 aliphatic carbocycles. The average Bonchev–Trinajstić information content (AvgIpc) is 2.64. The van der Waals surface area contributed by atoms with Crippen LogP contribution < -0.4 is 0 Å². The van der Waals surface area contributed by atoms with E-state index in [1.54, 1.807) is 0 Å². The fourth-order valence-corrected chi connectivity index (χ4v) is 3.88. The van der Waals surface area contributed by atoms with Crippen LogP contribution >= 0.6 is 0 Å². The number of aliphatic hydroxyl groups excluding tert-OH is 4. The molecule has 4 unspecified atom stereocenters. The molecule has 0 aromatic rings. The molecule has 0 aliphatic rings. The lowest BCUT2D eigenvalue weighted by molar-refractivity contribution is -0.103. The summed E-state index contributed by atoms with van der Waals surface area (Å²) in [5.74, 6) is 0. The molecule has 0 spiro atoms. The zero-order chi connectivity index (χ0) is 21.4. The van der Waals surface area contributed by atoms with Crippen LogP contribution in [-0.2, 0) is 14.3 Å². The quantitative estimate of drug-likeness (QED) is 0.185. The molecule has 0 heterocycles. The van der Waals surface area contributed by atoms with Crippen molar-refractivity contribution in [3.8, 4) is 0 Å².